The van der Waals surface area contributed by atoms with Crippen molar-refractivity contribution in [3.63, 3.8) is 0 Å². The van der Waals surface area contributed by atoms with E-state index < -0.39 is 11.9 Å². The van der Waals surface area contributed by atoms with Crippen LogP contribution in [0.25, 0.3) is 5.69 Å². The Bertz CT molecular complexity index is 676. The van der Waals surface area contributed by atoms with Gasteiger partial charge in [0.05, 0.1) is 10.7 Å². The molecule has 106 valence electrons. The summed E-state index contributed by atoms with van der Waals surface area (Å²) in [5.74, 6) is 0. The first-order chi connectivity index (χ1) is 9.38. The Labute approximate surface area is 118 Å². The maximum Gasteiger partial charge on any atom is 0.435 e. The highest BCUT2D eigenvalue weighted by Crippen LogP contribution is 2.38. The first kappa shape index (κ1) is 13.3. The third kappa shape index (κ3) is 2.04. The first-order valence-corrected chi connectivity index (χ1v) is 6.49. The van der Waals surface area contributed by atoms with E-state index >= 15 is 0 Å². The molecule has 0 fully saturated rings. The van der Waals surface area contributed by atoms with E-state index in [1.54, 1.807) is 12.1 Å². The molecule has 2 N–H and O–H groups in total. The zero-order chi connectivity index (χ0) is 14.5. The molecule has 0 radical (unpaired) electrons. The molecule has 0 spiro atoms. The number of benzene rings is 1. The molecule has 3 rings (SSSR count). The average Bonchev–Trinajstić information content (AvgIpc) is 2.89. The molecule has 1 aliphatic rings. The van der Waals surface area contributed by atoms with Gasteiger partial charge in [-0.15, -0.1) is 0 Å². The molecule has 1 aliphatic carbocycles. The van der Waals surface area contributed by atoms with Crippen molar-refractivity contribution in [3.8, 4) is 5.69 Å². The van der Waals surface area contributed by atoms with Crippen LogP contribution >= 0.6 is 11.6 Å². The quantitative estimate of drug-likeness (QED) is 0.818. The second-order valence-electron chi connectivity index (χ2n) is 4.75. The highest BCUT2D eigenvalue weighted by molar-refractivity contribution is 6.32. The number of nitrogens with zero attached hydrogens (tertiary/aromatic N) is 2. The van der Waals surface area contributed by atoms with Gasteiger partial charge in [0.25, 0.3) is 0 Å². The standard InChI is InChI=1S/C13H11ClF3N3/c14-9-6-7(18)4-5-11(9)20-10-3-1-2-8(10)12(19-20)13(15,16)17/h4-6H,1-3,18H2. The van der Waals surface area contributed by atoms with Crippen LogP contribution in [0.4, 0.5) is 18.9 Å². The maximum absolute atomic E-state index is 13.0. The molecule has 1 heterocycles. The summed E-state index contributed by atoms with van der Waals surface area (Å²) in [6.07, 6.45) is -2.78. The lowest BCUT2D eigenvalue weighted by Gasteiger charge is -2.08. The third-order valence-electron chi connectivity index (χ3n) is 3.40. The molecular formula is C13H11ClF3N3. The van der Waals surface area contributed by atoms with E-state index in [1.807, 2.05) is 0 Å². The molecule has 0 bridgehead atoms. The Hall–Kier alpha value is -1.69. The van der Waals surface area contributed by atoms with E-state index in [0.29, 0.717) is 36.3 Å². The van der Waals surface area contributed by atoms with Crippen molar-refractivity contribution in [2.24, 2.45) is 0 Å². The van der Waals surface area contributed by atoms with Gasteiger partial charge < -0.3 is 5.73 Å². The Morgan fingerprint density at radius 1 is 1.25 bits per heavy atom. The summed E-state index contributed by atoms with van der Waals surface area (Å²) in [6.45, 7) is 0. The van der Waals surface area contributed by atoms with Crippen LogP contribution in [0.5, 0.6) is 0 Å². The lowest BCUT2D eigenvalue weighted by Crippen LogP contribution is -2.10. The molecule has 1 aromatic heterocycles. The summed E-state index contributed by atoms with van der Waals surface area (Å²) < 4.78 is 40.3. The second-order valence-corrected chi connectivity index (χ2v) is 5.16. The van der Waals surface area contributed by atoms with Crippen molar-refractivity contribution in [2.45, 2.75) is 25.4 Å². The van der Waals surface area contributed by atoms with Crippen LogP contribution in [0, 0.1) is 0 Å². The number of halogens is 4. The molecule has 0 aliphatic heterocycles. The van der Waals surface area contributed by atoms with Crippen LogP contribution in [-0.2, 0) is 19.0 Å². The van der Waals surface area contributed by atoms with E-state index in [9.17, 15) is 13.2 Å². The molecule has 20 heavy (non-hydrogen) atoms. The largest absolute Gasteiger partial charge is 0.435 e. The van der Waals surface area contributed by atoms with Crippen molar-refractivity contribution in [1.29, 1.82) is 0 Å². The number of nitrogens with two attached hydrogens (primary N) is 1. The lowest BCUT2D eigenvalue weighted by molar-refractivity contribution is -0.141. The van der Waals surface area contributed by atoms with Crippen LogP contribution in [0.2, 0.25) is 5.02 Å². The number of rotatable bonds is 1. The minimum atomic E-state index is -4.44. The topological polar surface area (TPSA) is 43.8 Å². The van der Waals surface area contributed by atoms with Gasteiger partial charge in [0, 0.05) is 16.9 Å². The Balaban J connectivity index is 2.20. The number of aromatic nitrogens is 2. The fourth-order valence-corrected chi connectivity index (χ4v) is 2.83. The van der Waals surface area contributed by atoms with Gasteiger partial charge in [0.2, 0.25) is 0 Å². The summed E-state index contributed by atoms with van der Waals surface area (Å²) in [5, 5.41) is 4.02. The normalized spacial score (nSPS) is 14.6. The highest BCUT2D eigenvalue weighted by atomic mass is 35.5. The molecule has 7 heteroatoms. The number of anilines is 1. The van der Waals surface area contributed by atoms with Crippen molar-refractivity contribution in [1.82, 2.24) is 9.78 Å². The minimum absolute atomic E-state index is 0.283. The van der Waals surface area contributed by atoms with Gasteiger partial charge in [-0.05, 0) is 37.5 Å². The minimum Gasteiger partial charge on any atom is -0.399 e. The Morgan fingerprint density at radius 3 is 2.65 bits per heavy atom. The zero-order valence-electron chi connectivity index (χ0n) is 10.3. The van der Waals surface area contributed by atoms with Crippen LogP contribution in [-0.4, -0.2) is 9.78 Å². The van der Waals surface area contributed by atoms with E-state index in [1.165, 1.54) is 10.7 Å². The molecule has 0 atom stereocenters. The summed E-state index contributed by atoms with van der Waals surface area (Å²) in [5.41, 5.74) is 6.54. The summed E-state index contributed by atoms with van der Waals surface area (Å²) >= 11 is 6.07. The van der Waals surface area contributed by atoms with Gasteiger partial charge in [0.15, 0.2) is 5.69 Å². The van der Waals surface area contributed by atoms with Crippen molar-refractivity contribution in [3.05, 3.63) is 40.2 Å². The number of alkyl halides is 3. The van der Waals surface area contributed by atoms with E-state index in [2.05, 4.69) is 5.10 Å². The lowest BCUT2D eigenvalue weighted by atomic mass is 10.2. The summed E-state index contributed by atoms with van der Waals surface area (Å²) in [4.78, 5) is 0. The van der Waals surface area contributed by atoms with Crippen molar-refractivity contribution in [2.75, 3.05) is 5.73 Å². The van der Waals surface area contributed by atoms with Crippen LogP contribution < -0.4 is 5.73 Å². The van der Waals surface area contributed by atoms with E-state index in [0.717, 1.165) is 0 Å². The van der Waals surface area contributed by atoms with Gasteiger partial charge in [-0.1, -0.05) is 11.6 Å². The Kier molecular flexibility index (Phi) is 2.93. The van der Waals surface area contributed by atoms with Crippen LogP contribution in [0.15, 0.2) is 18.2 Å². The van der Waals surface area contributed by atoms with E-state index in [-0.39, 0.29) is 10.6 Å². The predicted molar refractivity (Wildman–Crippen MR) is 70.0 cm³/mol. The van der Waals surface area contributed by atoms with Crippen LogP contribution in [0.3, 0.4) is 0 Å². The molecule has 0 amide bonds. The summed E-state index contributed by atoms with van der Waals surface area (Å²) in [7, 11) is 0. The molecule has 3 nitrogen and oxygen atoms in total. The third-order valence-corrected chi connectivity index (χ3v) is 3.70. The van der Waals surface area contributed by atoms with Gasteiger partial charge in [-0.3, -0.25) is 0 Å². The fraction of sp³-hybridized carbons (Fsp3) is 0.308. The smallest absolute Gasteiger partial charge is 0.399 e. The zero-order valence-corrected chi connectivity index (χ0v) is 11.1. The molecule has 0 unspecified atom stereocenters. The monoisotopic (exact) mass is 301 g/mol. The number of fused-ring (bicyclic) bond motifs is 1. The first-order valence-electron chi connectivity index (χ1n) is 6.11. The van der Waals surface area contributed by atoms with Crippen molar-refractivity contribution >= 4 is 17.3 Å². The van der Waals surface area contributed by atoms with Gasteiger partial charge in [0.1, 0.15) is 0 Å². The van der Waals surface area contributed by atoms with Gasteiger partial charge in [-0.25, -0.2) is 4.68 Å². The molecular weight excluding hydrogens is 291 g/mol. The predicted octanol–water partition coefficient (Wildman–Crippen LogP) is 3.62. The molecule has 2 aromatic rings. The van der Waals surface area contributed by atoms with Gasteiger partial charge in [-0.2, -0.15) is 18.3 Å². The van der Waals surface area contributed by atoms with E-state index in [4.69, 9.17) is 17.3 Å². The fourth-order valence-electron chi connectivity index (χ4n) is 2.56. The SMILES string of the molecule is Nc1ccc(-n2nc(C(F)(F)F)c3c2CCC3)c(Cl)c1. The van der Waals surface area contributed by atoms with Crippen LogP contribution in [0.1, 0.15) is 23.4 Å². The molecule has 0 saturated carbocycles. The maximum atomic E-state index is 13.0. The average molecular weight is 302 g/mol. The highest BCUT2D eigenvalue weighted by Gasteiger charge is 2.40. The summed E-state index contributed by atoms with van der Waals surface area (Å²) in [6, 6.07) is 4.69. The number of nitrogen functional groups attached to an aromatic ring is 1. The molecule has 1 aromatic carbocycles. The Morgan fingerprint density at radius 2 is 2.00 bits per heavy atom. The number of hydrogen-bond acceptors (Lipinski definition) is 2. The van der Waals surface area contributed by atoms with Crippen molar-refractivity contribution < 1.29 is 13.2 Å². The molecule has 0 saturated heterocycles. The van der Waals surface area contributed by atoms with Gasteiger partial charge >= 0.3 is 6.18 Å². The number of hydrogen-bond donors (Lipinski definition) is 1. The second kappa shape index (κ2) is 4.41.